The van der Waals surface area contributed by atoms with Gasteiger partial charge in [0.15, 0.2) is 9.84 Å². The van der Waals surface area contributed by atoms with E-state index >= 15 is 0 Å². The van der Waals surface area contributed by atoms with Gasteiger partial charge < -0.3 is 5.32 Å². The third kappa shape index (κ3) is 3.15. The fraction of sp³-hybridized carbons (Fsp3) is 0.417. The molecule has 1 atom stereocenters. The summed E-state index contributed by atoms with van der Waals surface area (Å²) in [7, 11) is -2.95. The van der Waals surface area contributed by atoms with Gasteiger partial charge in [0.1, 0.15) is 6.07 Å². The second-order valence-electron chi connectivity index (χ2n) is 4.40. The number of sulfone groups is 1. The quantitative estimate of drug-likeness (QED) is 0.904. The standard InChI is InChI=1S/C12H13ClN2O2S/c13-10-3-4-12(9(6-10)7-14)15-11-2-1-5-18(16,17)8-11/h3-4,6,11,15H,1-2,5,8H2. The monoisotopic (exact) mass is 284 g/mol. The molecule has 6 heteroatoms. The van der Waals surface area contributed by atoms with Crippen molar-refractivity contribution in [3.63, 3.8) is 0 Å². The summed E-state index contributed by atoms with van der Waals surface area (Å²) in [5.41, 5.74) is 1.08. The van der Waals surface area contributed by atoms with Crippen molar-refractivity contribution in [3.05, 3.63) is 28.8 Å². The minimum absolute atomic E-state index is 0.125. The van der Waals surface area contributed by atoms with Gasteiger partial charge in [0.25, 0.3) is 0 Å². The number of nitrogens with zero attached hydrogens (tertiary/aromatic N) is 1. The Bertz CT molecular complexity index is 593. The van der Waals surface area contributed by atoms with Crippen LogP contribution >= 0.6 is 11.6 Å². The number of hydrogen-bond donors (Lipinski definition) is 1. The fourth-order valence-corrected chi connectivity index (χ4v) is 3.90. The van der Waals surface area contributed by atoms with Crippen LogP contribution in [-0.4, -0.2) is 26.0 Å². The van der Waals surface area contributed by atoms with E-state index in [1.54, 1.807) is 18.2 Å². The number of nitrogens with one attached hydrogen (secondary N) is 1. The number of nitriles is 1. The van der Waals surface area contributed by atoms with Crippen molar-refractivity contribution >= 4 is 27.1 Å². The van der Waals surface area contributed by atoms with Gasteiger partial charge in [0.2, 0.25) is 0 Å². The van der Waals surface area contributed by atoms with Gasteiger partial charge in [0, 0.05) is 11.1 Å². The Morgan fingerprint density at radius 3 is 2.89 bits per heavy atom. The minimum atomic E-state index is -2.95. The first-order valence-corrected chi connectivity index (χ1v) is 7.87. The van der Waals surface area contributed by atoms with E-state index in [4.69, 9.17) is 16.9 Å². The molecule has 1 aromatic rings. The molecule has 2 rings (SSSR count). The van der Waals surface area contributed by atoms with E-state index in [2.05, 4.69) is 11.4 Å². The zero-order valence-electron chi connectivity index (χ0n) is 9.69. The van der Waals surface area contributed by atoms with Crippen LogP contribution in [0.3, 0.4) is 0 Å². The van der Waals surface area contributed by atoms with Crippen LogP contribution in [0.1, 0.15) is 18.4 Å². The highest BCUT2D eigenvalue weighted by Crippen LogP contribution is 2.23. The molecule has 1 saturated heterocycles. The van der Waals surface area contributed by atoms with Crippen molar-refractivity contribution in [2.45, 2.75) is 18.9 Å². The van der Waals surface area contributed by atoms with Crippen LogP contribution in [0.25, 0.3) is 0 Å². The first-order chi connectivity index (χ1) is 8.50. The van der Waals surface area contributed by atoms with E-state index in [1.165, 1.54) is 0 Å². The van der Waals surface area contributed by atoms with E-state index < -0.39 is 9.84 Å². The summed E-state index contributed by atoms with van der Waals surface area (Å²) >= 11 is 5.81. The van der Waals surface area contributed by atoms with E-state index in [0.29, 0.717) is 22.7 Å². The SMILES string of the molecule is N#Cc1cc(Cl)ccc1NC1CCCS(=O)(=O)C1. The molecule has 0 spiro atoms. The van der Waals surface area contributed by atoms with E-state index in [9.17, 15) is 8.42 Å². The second kappa shape index (κ2) is 5.17. The molecule has 96 valence electrons. The predicted octanol–water partition coefficient (Wildman–Crippen LogP) is 2.20. The maximum atomic E-state index is 11.5. The number of rotatable bonds is 2. The molecule has 1 fully saturated rings. The molecule has 0 amide bonds. The number of hydrogen-bond acceptors (Lipinski definition) is 4. The summed E-state index contributed by atoms with van der Waals surface area (Å²) in [6.45, 7) is 0. The Morgan fingerprint density at radius 2 is 2.22 bits per heavy atom. The van der Waals surface area contributed by atoms with Crippen molar-refractivity contribution in [1.29, 1.82) is 5.26 Å². The molecule has 1 unspecified atom stereocenters. The maximum Gasteiger partial charge on any atom is 0.152 e. The van der Waals surface area contributed by atoms with Gasteiger partial charge in [-0.15, -0.1) is 0 Å². The average molecular weight is 285 g/mol. The van der Waals surface area contributed by atoms with Crippen LogP contribution in [0.2, 0.25) is 5.02 Å². The normalized spacial score (nSPS) is 22.1. The molecule has 0 bridgehead atoms. The van der Waals surface area contributed by atoms with Crippen molar-refractivity contribution in [2.75, 3.05) is 16.8 Å². The maximum absolute atomic E-state index is 11.5. The molecule has 1 aliphatic rings. The minimum Gasteiger partial charge on any atom is -0.380 e. The largest absolute Gasteiger partial charge is 0.380 e. The summed E-state index contributed by atoms with van der Waals surface area (Å²) in [5, 5.41) is 12.6. The van der Waals surface area contributed by atoms with Crippen LogP contribution in [0.15, 0.2) is 18.2 Å². The van der Waals surface area contributed by atoms with Gasteiger partial charge >= 0.3 is 0 Å². The van der Waals surface area contributed by atoms with Gasteiger partial charge in [-0.2, -0.15) is 5.26 Å². The Kier molecular flexibility index (Phi) is 3.79. The molecular formula is C12H13ClN2O2S. The summed E-state index contributed by atoms with van der Waals surface area (Å²) in [6, 6.07) is 6.89. The molecule has 0 aliphatic carbocycles. The average Bonchev–Trinajstić information content (AvgIpc) is 2.30. The molecule has 1 aliphatic heterocycles. The van der Waals surface area contributed by atoms with Gasteiger partial charge in [-0.1, -0.05) is 11.6 Å². The molecule has 0 saturated carbocycles. The zero-order valence-corrected chi connectivity index (χ0v) is 11.3. The van der Waals surface area contributed by atoms with Crippen molar-refractivity contribution in [2.24, 2.45) is 0 Å². The molecule has 0 radical (unpaired) electrons. The molecule has 18 heavy (non-hydrogen) atoms. The summed E-state index contributed by atoms with van der Waals surface area (Å²) < 4.78 is 23.1. The zero-order chi connectivity index (χ0) is 13.2. The first kappa shape index (κ1) is 13.2. The molecule has 0 aromatic heterocycles. The lowest BCUT2D eigenvalue weighted by atomic mass is 10.1. The highest BCUT2D eigenvalue weighted by molar-refractivity contribution is 7.91. The lowest BCUT2D eigenvalue weighted by Gasteiger charge is -2.24. The Hall–Kier alpha value is -1.25. The summed E-state index contributed by atoms with van der Waals surface area (Å²) in [6.07, 6.45) is 1.46. The van der Waals surface area contributed by atoms with E-state index in [1.807, 2.05) is 0 Å². The number of anilines is 1. The Morgan fingerprint density at radius 1 is 1.44 bits per heavy atom. The van der Waals surface area contributed by atoms with Gasteiger partial charge in [-0.25, -0.2) is 8.42 Å². The van der Waals surface area contributed by atoms with Gasteiger partial charge in [-0.3, -0.25) is 0 Å². The summed E-state index contributed by atoms with van der Waals surface area (Å²) in [4.78, 5) is 0. The van der Waals surface area contributed by atoms with E-state index in [-0.39, 0.29) is 17.5 Å². The van der Waals surface area contributed by atoms with Crippen LogP contribution in [0.5, 0.6) is 0 Å². The van der Waals surface area contributed by atoms with Crippen LogP contribution in [0.4, 0.5) is 5.69 Å². The lowest BCUT2D eigenvalue weighted by molar-refractivity contribution is 0.562. The van der Waals surface area contributed by atoms with Gasteiger partial charge in [-0.05, 0) is 31.0 Å². The van der Waals surface area contributed by atoms with Crippen molar-refractivity contribution < 1.29 is 8.42 Å². The predicted molar refractivity (Wildman–Crippen MR) is 71.5 cm³/mol. The van der Waals surface area contributed by atoms with Crippen LogP contribution in [-0.2, 0) is 9.84 Å². The Labute approximate surface area is 111 Å². The highest BCUT2D eigenvalue weighted by Gasteiger charge is 2.25. The van der Waals surface area contributed by atoms with Gasteiger partial charge in [0.05, 0.1) is 22.8 Å². The third-order valence-corrected chi connectivity index (χ3v) is 4.98. The smallest absolute Gasteiger partial charge is 0.152 e. The molecule has 1 heterocycles. The number of benzene rings is 1. The second-order valence-corrected chi connectivity index (χ2v) is 7.06. The molecule has 1 aromatic carbocycles. The fourth-order valence-electron chi connectivity index (χ4n) is 2.09. The third-order valence-electron chi connectivity index (χ3n) is 2.92. The summed E-state index contributed by atoms with van der Waals surface area (Å²) in [5.74, 6) is 0.386. The number of halogens is 1. The topological polar surface area (TPSA) is 70.0 Å². The Balaban J connectivity index is 2.17. The van der Waals surface area contributed by atoms with Crippen molar-refractivity contribution in [3.8, 4) is 6.07 Å². The van der Waals surface area contributed by atoms with Crippen LogP contribution in [0, 0.1) is 11.3 Å². The van der Waals surface area contributed by atoms with Crippen LogP contribution < -0.4 is 5.32 Å². The van der Waals surface area contributed by atoms with E-state index in [0.717, 1.165) is 6.42 Å². The lowest BCUT2D eigenvalue weighted by Crippen LogP contribution is -2.35. The van der Waals surface area contributed by atoms with Crippen molar-refractivity contribution in [1.82, 2.24) is 0 Å². The molecule has 1 N–H and O–H groups in total. The molecule has 4 nitrogen and oxygen atoms in total. The highest BCUT2D eigenvalue weighted by atomic mass is 35.5. The first-order valence-electron chi connectivity index (χ1n) is 5.67. The molecular weight excluding hydrogens is 272 g/mol.